The van der Waals surface area contributed by atoms with Gasteiger partial charge >= 0.3 is 0 Å². The van der Waals surface area contributed by atoms with Gasteiger partial charge in [0, 0.05) is 12.2 Å². The van der Waals surface area contributed by atoms with E-state index in [1.807, 2.05) is 12.1 Å². The predicted octanol–water partition coefficient (Wildman–Crippen LogP) is 4.26. The van der Waals surface area contributed by atoms with Crippen LogP contribution in [0.25, 0.3) is 0 Å². The van der Waals surface area contributed by atoms with Gasteiger partial charge in [0.15, 0.2) is 0 Å². The van der Waals surface area contributed by atoms with Gasteiger partial charge in [-0.25, -0.2) is 8.42 Å². The molecule has 26 heavy (non-hydrogen) atoms. The van der Waals surface area contributed by atoms with Gasteiger partial charge < -0.3 is 4.74 Å². The minimum Gasteiger partial charge on any atom is -0.457 e. The van der Waals surface area contributed by atoms with Crippen molar-refractivity contribution in [3.63, 3.8) is 0 Å². The molecule has 7 heteroatoms. The molecule has 1 aliphatic heterocycles. The molecule has 2 aromatic rings. The Bertz CT molecular complexity index is 787. The Balaban J connectivity index is 0.00000243. The van der Waals surface area contributed by atoms with Crippen molar-refractivity contribution in [1.29, 1.82) is 0 Å². The number of nitrogens with one attached hydrogen (secondary N) is 1. The van der Waals surface area contributed by atoms with Gasteiger partial charge in [0.2, 0.25) is 10.0 Å². The van der Waals surface area contributed by atoms with E-state index in [1.54, 1.807) is 24.3 Å². The first kappa shape index (κ1) is 20.6. The highest BCUT2D eigenvalue weighted by Gasteiger charge is 2.10. The van der Waals surface area contributed by atoms with Crippen LogP contribution in [-0.2, 0) is 16.6 Å². The van der Waals surface area contributed by atoms with Crippen molar-refractivity contribution in [2.75, 3.05) is 24.1 Å². The quantitative estimate of drug-likeness (QED) is 0.792. The van der Waals surface area contributed by atoms with Crippen LogP contribution in [0, 0.1) is 0 Å². The van der Waals surface area contributed by atoms with E-state index in [1.165, 1.54) is 37.9 Å². The average Bonchev–Trinajstić information content (AvgIpc) is 2.58. The highest BCUT2D eigenvalue weighted by Crippen LogP contribution is 2.24. The number of benzene rings is 2. The molecule has 0 bridgehead atoms. The molecule has 2 aromatic carbocycles. The Kier molecular flexibility index (Phi) is 7.32. The van der Waals surface area contributed by atoms with Crippen molar-refractivity contribution in [2.24, 2.45) is 0 Å². The Morgan fingerprint density at radius 2 is 1.46 bits per heavy atom. The van der Waals surface area contributed by atoms with Gasteiger partial charge in [-0.3, -0.25) is 9.62 Å². The standard InChI is InChI=1S/C19H24N2O3S.ClH/c1-25(22,23)20-17-7-11-19(12-8-17)24-18-9-5-16(6-10-18)15-21-13-3-2-4-14-21;/h5-12,20H,2-4,13-15H2,1H3;1H. The molecule has 0 spiro atoms. The van der Waals surface area contributed by atoms with Gasteiger partial charge in [0.1, 0.15) is 11.5 Å². The number of sulfonamides is 1. The summed E-state index contributed by atoms with van der Waals surface area (Å²) in [6.07, 6.45) is 5.07. The zero-order chi connectivity index (χ0) is 17.7. The Morgan fingerprint density at radius 1 is 0.923 bits per heavy atom. The van der Waals surface area contributed by atoms with Crippen LogP contribution in [-0.4, -0.2) is 32.7 Å². The van der Waals surface area contributed by atoms with Crippen LogP contribution in [0.15, 0.2) is 48.5 Å². The molecule has 0 aliphatic carbocycles. The van der Waals surface area contributed by atoms with Crippen molar-refractivity contribution in [2.45, 2.75) is 25.8 Å². The Labute approximate surface area is 161 Å². The Hall–Kier alpha value is -1.76. The summed E-state index contributed by atoms with van der Waals surface area (Å²) in [7, 11) is -3.26. The average molecular weight is 397 g/mol. The molecule has 5 nitrogen and oxygen atoms in total. The van der Waals surface area contributed by atoms with E-state index in [0.29, 0.717) is 11.4 Å². The van der Waals surface area contributed by atoms with Crippen molar-refractivity contribution in [1.82, 2.24) is 4.90 Å². The Morgan fingerprint density at radius 3 is 2.00 bits per heavy atom. The van der Waals surface area contributed by atoms with E-state index >= 15 is 0 Å². The fourth-order valence-electron chi connectivity index (χ4n) is 2.98. The molecule has 1 saturated heterocycles. The fourth-order valence-corrected chi connectivity index (χ4v) is 3.54. The number of hydrogen-bond donors (Lipinski definition) is 1. The largest absolute Gasteiger partial charge is 0.457 e. The normalized spacial score (nSPS) is 15.1. The summed E-state index contributed by atoms with van der Waals surface area (Å²) >= 11 is 0. The fraction of sp³-hybridized carbons (Fsp3) is 0.368. The third-order valence-electron chi connectivity index (χ3n) is 4.17. The van der Waals surface area contributed by atoms with Crippen LogP contribution in [0.5, 0.6) is 11.5 Å². The molecule has 0 radical (unpaired) electrons. The van der Waals surface area contributed by atoms with Crippen LogP contribution in [0.1, 0.15) is 24.8 Å². The number of rotatable bonds is 6. The summed E-state index contributed by atoms with van der Waals surface area (Å²) in [4.78, 5) is 2.49. The second-order valence-electron chi connectivity index (χ2n) is 6.48. The molecule has 0 saturated carbocycles. The SMILES string of the molecule is CS(=O)(=O)Nc1ccc(Oc2ccc(CN3CCCCC3)cc2)cc1.Cl. The number of nitrogens with zero attached hydrogens (tertiary/aromatic N) is 1. The van der Waals surface area contributed by atoms with E-state index in [4.69, 9.17) is 4.74 Å². The number of hydrogen-bond acceptors (Lipinski definition) is 4. The first-order valence-corrected chi connectivity index (χ1v) is 10.4. The lowest BCUT2D eigenvalue weighted by Gasteiger charge is -2.26. The van der Waals surface area contributed by atoms with Gasteiger partial charge in [0.05, 0.1) is 6.26 Å². The maximum atomic E-state index is 11.2. The van der Waals surface area contributed by atoms with Gasteiger partial charge in [-0.05, 0) is 67.9 Å². The predicted molar refractivity (Wildman–Crippen MR) is 108 cm³/mol. The number of halogens is 1. The van der Waals surface area contributed by atoms with E-state index in [2.05, 4.69) is 21.8 Å². The molecule has 3 rings (SSSR count). The molecule has 1 fully saturated rings. The van der Waals surface area contributed by atoms with Crippen LogP contribution < -0.4 is 9.46 Å². The second-order valence-corrected chi connectivity index (χ2v) is 8.23. The number of likely N-dealkylation sites (tertiary alicyclic amines) is 1. The summed E-state index contributed by atoms with van der Waals surface area (Å²) < 4.78 is 30.7. The maximum absolute atomic E-state index is 11.2. The summed E-state index contributed by atoms with van der Waals surface area (Å²) in [6.45, 7) is 3.37. The minimum absolute atomic E-state index is 0. The molecular formula is C19H25ClN2O3S. The number of anilines is 1. The summed E-state index contributed by atoms with van der Waals surface area (Å²) in [6, 6.07) is 15.0. The van der Waals surface area contributed by atoms with Crippen molar-refractivity contribution >= 4 is 28.1 Å². The van der Waals surface area contributed by atoms with Gasteiger partial charge in [-0.1, -0.05) is 18.6 Å². The third-order valence-corrected chi connectivity index (χ3v) is 4.78. The molecule has 0 unspecified atom stereocenters. The van der Waals surface area contributed by atoms with Crippen molar-refractivity contribution in [3.8, 4) is 11.5 Å². The summed E-state index contributed by atoms with van der Waals surface area (Å²) in [5, 5.41) is 0. The van der Waals surface area contributed by atoms with Crippen LogP contribution in [0.2, 0.25) is 0 Å². The number of ether oxygens (including phenoxy) is 1. The monoisotopic (exact) mass is 396 g/mol. The molecule has 0 amide bonds. The maximum Gasteiger partial charge on any atom is 0.229 e. The zero-order valence-electron chi connectivity index (χ0n) is 14.8. The highest BCUT2D eigenvalue weighted by atomic mass is 35.5. The molecule has 142 valence electrons. The lowest BCUT2D eigenvalue weighted by Crippen LogP contribution is -2.28. The molecule has 0 aromatic heterocycles. The first-order chi connectivity index (χ1) is 12.0. The molecule has 0 atom stereocenters. The van der Waals surface area contributed by atoms with Gasteiger partial charge in [-0.15, -0.1) is 12.4 Å². The molecule has 1 N–H and O–H groups in total. The second kappa shape index (κ2) is 9.26. The molecule has 1 heterocycles. The summed E-state index contributed by atoms with van der Waals surface area (Å²) in [5.74, 6) is 1.44. The summed E-state index contributed by atoms with van der Waals surface area (Å²) in [5.41, 5.74) is 1.81. The highest BCUT2D eigenvalue weighted by molar-refractivity contribution is 7.92. The van der Waals surface area contributed by atoms with E-state index in [9.17, 15) is 8.42 Å². The van der Waals surface area contributed by atoms with Crippen LogP contribution in [0.3, 0.4) is 0 Å². The van der Waals surface area contributed by atoms with Gasteiger partial charge in [-0.2, -0.15) is 0 Å². The first-order valence-electron chi connectivity index (χ1n) is 8.55. The lowest BCUT2D eigenvalue weighted by molar-refractivity contribution is 0.221. The topological polar surface area (TPSA) is 58.6 Å². The van der Waals surface area contributed by atoms with Crippen molar-refractivity contribution < 1.29 is 13.2 Å². The van der Waals surface area contributed by atoms with Crippen LogP contribution in [0.4, 0.5) is 5.69 Å². The van der Waals surface area contributed by atoms with E-state index in [0.717, 1.165) is 18.6 Å². The van der Waals surface area contributed by atoms with Crippen molar-refractivity contribution in [3.05, 3.63) is 54.1 Å². The van der Waals surface area contributed by atoms with Crippen LogP contribution >= 0.6 is 12.4 Å². The smallest absolute Gasteiger partial charge is 0.229 e. The van der Waals surface area contributed by atoms with Gasteiger partial charge in [0.25, 0.3) is 0 Å². The lowest BCUT2D eigenvalue weighted by atomic mass is 10.1. The molecule has 1 aliphatic rings. The number of piperidine rings is 1. The van der Waals surface area contributed by atoms with E-state index < -0.39 is 10.0 Å². The third kappa shape index (κ3) is 6.52. The zero-order valence-corrected chi connectivity index (χ0v) is 16.5. The van der Waals surface area contributed by atoms with E-state index in [-0.39, 0.29) is 12.4 Å². The minimum atomic E-state index is -3.26. The molecular weight excluding hydrogens is 372 g/mol.